The normalized spacial score (nSPS) is 17.4. The number of sulfonamides is 1. The molecule has 4 N–H and O–H groups in total. The fraction of sp³-hybridized carbons (Fsp3) is 0.588. The van der Waals surface area contributed by atoms with Crippen LogP contribution in [-0.4, -0.2) is 57.8 Å². The van der Waals surface area contributed by atoms with Gasteiger partial charge in [0.05, 0.1) is 18.3 Å². The number of rotatable bonds is 8. The molecule has 0 aromatic heterocycles. The molecule has 1 fully saturated rings. The first-order chi connectivity index (χ1) is 12.0. The summed E-state index contributed by atoms with van der Waals surface area (Å²) in [6.07, 6.45) is 2.44. The van der Waals surface area contributed by atoms with Crippen LogP contribution in [-0.2, 0) is 10.0 Å². The highest BCUT2D eigenvalue weighted by atomic mass is 32.2. The van der Waals surface area contributed by atoms with Gasteiger partial charge in [-0.15, -0.1) is 0 Å². The van der Waals surface area contributed by atoms with Gasteiger partial charge in [-0.25, -0.2) is 13.6 Å². The SMILES string of the molecule is CCNC(=NCC(c1ccccc1)N1CCCC1)NCCS(N)(=O)=O. The number of benzene rings is 1. The number of likely N-dealkylation sites (tertiary alicyclic amines) is 1. The fourth-order valence-corrected chi connectivity index (χ4v) is 3.38. The summed E-state index contributed by atoms with van der Waals surface area (Å²) in [6, 6.07) is 10.6. The second-order valence-electron chi connectivity index (χ2n) is 6.18. The molecule has 0 saturated carbocycles. The minimum Gasteiger partial charge on any atom is -0.357 e. The smallest absolute Gasteiger partial charge is 0.210 e. The molecule has 1 heterocycles. The van der Waals surface area contributed by atoms with Gasteiger partial charge in [0.15, 0.2) is 5.96 Å². The molecule has 2 rings (SSSR count). The molecular weight excluding hydrogens is 338 g/mol. The zero-order valence-electron chi connectivity index (χ0n) is 14.8. The lowest BCUT2D eigenvalue weighted by atomic mass is 10.1. The Labute approximate surface area is 150 Å². The molecule has 7 nitrogen and oxygen atoms in total. The second-order valence-corrected chi connectivity index (χ2v) is 7.92. The van der Waals surface area contributed by atoms with E-state index < -0.39 is 10.0 Å². The fourth-order valence-electron chi connectivity index (χ4n) is 2.99. The van der Waals surface area contributed by atoms with Gasteiger partial charge in [0.1, 0.15) is 0 Å². The quantitative estimate of drug-likeness (QED) is 0.463. The molecule has 1 unspecified atom stereocenters. The highest BCUT2D eigenvalue weighted by Gasteiger charge is 2.23. The Bertz CT molecular complexity index is 642. The van der Waals surface area contributed by atoms with Crippen LogP contribution >= 0.6 is 0 Å². The van der Waals surface area contributed by atoms with Gasteiger partial charge in [-0.05, 0) is 38.4 Å². The summed E-state index contributed by atoms with van der Waals surface area (Å²) < 4.78 is 22.1. The van der Waals surface area contributed by atoms with Crippen molar-refractivity contribution < 1.29 is 8.42 Å². The zero-order valence-corrected chi connectivity index (χ0v) is 15.6. The Morgan fingerprint density at radius 2 is 1.92 bits per heavy atom. The number of nitrogens with two attached hydrogens (primary N) is 1. The summed E-state index contributed by atoms with van der Waals surface area (Å²) in [4.78, 5) is 7.14. The summed E-state index contributed by atoms with van der Waals surface area (Å²) in [6.45, 7) is 5.72. The third-order valence-electron chi connectivity index (χ3n) is 4.21. The van der Waals surface area contributed by atoms with E-state index in [1.54, 1.807) is 0 Å². The van der Waals surface area contributed by atoms with Crippen molar-refractivity contribution in [2.24, 2.45) is 10.1 Å². The number of aliphatic imine (C=N–C) groups is 1. The first-order valence-corrected chi connectivity index (χ1v) is 10.5. The Hall–Kier alpha value is -1.64. The summed E-state index contributed by atoms with van der Waals surface area (Å²) in [5.74, 6) is 0.498. The number of guanidine groups is 1. The van der Waals surface area contributed by atoms with Gasteiger partial charge in [-0.3, -0.25) is 9.89 Å². The van der Waals surface area contributed by atoms with E-state index in [4.69, 9.17) is 5.14 Å². The average Bonchev–Trinajstić information content (AvgIpc) is 3.09. The van der Waals surface area contributed by atoms with Crippen LogP contribution in [0.25, 0.3) is 0 Å². The largest absolute Gasteiger partial charge is 0.357 e. The van der Waals surface area contributed by atoms with Crippen molar-refractivity contribution in [2.45, 2.75) is 25.8 Å². The monoisotopic (exact) mass is 367 g/mol. The topological polar surface area (TPSA) is 99.8 Å². The number of primary sulfonamides is 1. The van der Waals surface area contributed by atoms with Gasteiger partial charge < -0.3 is 10.6 Å². The molecule has 0 spiro atoms. The second kappa shape index (κ2) is 9.74. The van der Waals surface area contributed by atoms with Crippen LogP contribution in [0.15, 0.2) is 35.3 Å². The molecule has 1 saturated heterocycles. The maximum Gasteiger partial charge on any atom is 0.210 e. The number of hydrogen-bond donors (Lipinski definition) is 3. The summed E-state index contributed by atoms with van der Waals surface area (Å²) in [5.41, 5.74) is 1.26. The van der Waals surface area contributed by atoms with Crippen molar-refractivity contribution in [3.63, 3.8) is 0 Å². The van der Waals surface area contributed by atoms with Crippen molar-refractivity contribution in [3.8, 4) is 0 Å². The average molecular weight is 368 g/mol. The Morgan fingerprint density at radius 1 is 1.24 bits per heavy atom. The van der Waals surface area contributed by atoms with E-state index in [1.807, 2.05) is 13.0 Å². The first kappa shape index (κ1) is 19.7. The van der Waals surface area contributed by atoms with E-state index in [2.05, 4.69) is 44.8 Å². The van der Waals surface area contributed by atoms with Crippen molar-refractivity contribution in [1.82, 2.24) is 15.5 Å². The van der Waals surface area contributed by atoms with Gasteiger partial charge in [0.2, 0.25) is 10.0 Å². The van der Waals surface area contributed by atoms with E-state index in [0.29, 0.717) is 19.0 Å². The lowest BCUT2D eigenvalue weighted by molar-refractivity contribution is 0.251. The highest BCUT2D eigenvalue weighted by Crippen LogP contribution is 2.25. The van der Waals surface area contributed by atoms with Gasteiger partial charge >= 0.3 is 0 Å². The summed E-state index contributed by atoms with van der Waals surface area (Å²) in [5, 5.41) is 11.2. The van der Waals surface area contributed by atoms with E-state index in [9.17, 15) is 8.42 Å². The molecule has 0 radical (unpaired) electrons. The lowest BCUT2D eigenvalue weighted by Crippen LogP contribution is -2.41. The van der Waals surface area contributed by atoms with Crippen LogP contribution < -0.4 is 15.8 Å². The molecule has 140 valence electrons. The molecule has 0 bridgehead atoms. The maximum atomic E-state index is 11.1. The van der Waals surface area contributed by atoms with Gasteiger partial charge in [-0.2, -0.15) is 0 Å². The first-order valence-electron chi connectivity index (χ1n) is 8.81. The molecule has 1 aliphatic rings. The molecule has 1 atom stereocenters. The summed E-state index contributed by atoms with van der Waals surface area (Å²) >= 11 is 0. The number of hydrogen-bond acceptors (Lipinski definition) is 4. The van der Waals surface area contributed by atoms with E-state index in [0.717, 1.165) is 13.1 Å². The van der Waals surface area contributed by atoms with Crippen molar-refractivity contribution >= 4 is 16.0 Å². The Morgan fingerprint density at radius 3 is 2.52 bits per heavy atom. The number of nitrogens with one attached hydrogen (secondary N) is 2. The standard InChI is InChI=1S/C17H29N5O2S/c1-2-19-17(20-10-13-25(18,23)24)21-14-16(22-11-6-7-12-22)15-8-4-3-5-9-15/h3-5,8-9,16H,2,6-7,10-14H2,1H3,(H2,18,23,24)(H2,19,20,21). The predicted octanol–water partition coefficient (Wildman–Crippen LogP) is 0.667. The molecule has 1 aromatic carbocycles. The zero-order chi connectivity index (χ0) is 18.1. The maximum absolute atomic E-state index is 11.1. The van der Waals surface area contributed by atoms with Crippen LogP contribution in [0.3, 0.4) is 0 Å². The van der Waals surface area contributed by atoms with Crippen LogP contribution in [0.4, 0.5) is 0 Å². The van der Waals surface area contributed by atoms with E-state index >= 15 is 0 Å². The van der Waals surface area contributed by atoms with Crippen LogP contribution in [0.5, 0.6) is 0 Å². The highest BCUT2D eigenvalue weighted by molar-refractivity contribution is 7.89. The van der Waals surface area contributed by atoms with E-state index in [1.165, 1.54) is 18.4 Å². The molecular formula is C17H29N5O2S. The van der Waals surface area contributed by atoms with Crippen LogP contribution in [0.2, 0.25) is 0 Å². The molecule has 8 heteroatoms. The van der Waals surface area contributed by atoms with E-state index in [-0.39, 0.29) is 18.3 Å². The van der Waals surface area contributed by atoms with Crippen LogP contribution in [0.1, 0.15) is 31.4 Å². The molecule has 0 amide bonds. The van der Waals surface area contributed by atoms with Crippen molar-refractivity contribution in [1.29, 1.82) is 0 Å². The predicted molar refractivity (Wildman–Crippen MR) is 102 cm³/mol. The number of nitrogens with zero attached hydrogens (tertiary/aromatic N) is 2. The Balaban J connectivity index is 2.04. The van der Waals surface area contributed by atoms with Crippen molar-refractivity contribution in [3.05, 3.63) is 35.9 Å². The molecule has 0 aliphatic carbocycles. The van der Waals surface area contributed by atoms with Gasteiger partial charge in [-0.1, -0.05) is 30.3 Å². The minimum atomic E-state index is -3.48. The molecule has 1 aliphatic heterocycles. The van der Waals surface area contributed by atoms with Gasteiger partial charge in [0, 0.05) is 13.1 Å². The third-order valence-corrected chi connectivity index (χ3v) is 4.98. The lowest BCUT2D eigenvalue weighted by Gasteiger charge is -2.27. The third kappa shape index (κ3) is 7.01. The minimum absolute atomic E-state index is 0.119. The van der Waals surface area contributed by atoms with Crippen molar-refractivity contribution in [2.75, 3.05) is 38.5 Å². The Kier molecular flexibility index (Phi) is 7.67. The van der Waals surface area contributed by atoms with Crippen LogP contribution in [0, 0.1) is 0 Å². The molecule has 1 aromatic rings. The summed E-state index contributed by atoms with van der Waals surface area (Å²) in [7, 11) is -3.48. The molecule has 25 heavy (non-hydrogen) atoms. The van der Waals surface area contributed by atoms with Gasteiger partial charge in [0.25, 0.3) is 0 Å².